The van der Waals surface area contributed by atoms with E-state index < -0.39 is 17.7 Å². The van der Waals surface area contributed by atoms with Gasteiger partial charge >= 0.3 is 6.09 Å². The zero-order chi connectivity index (χ0) is 28.8. The smallest absolute Gasteiger partial charge is 0.413 e. The Kier molecular flexibility index (Phi) is 10.3. The van der Waals surface area contributed by atoms with E-state index in [0.717, 1.165) is 51.6 Å². The molecular weight excluding hydrogens is 508 g/mol. The van der Waals surface area contributed by atoms with E-state index in [4.69, 9.17) is 14.5 Å². The lowest BCUT2D eigenvalue weighted by molar-refractivity contribution is -0.123. The van der Waals surface area contributed by atoms with E-state index in [9.17, 15) is 14.9 Å². The van der Waals surface area contributed by atoms with Crippen LogP contribution in [0.1, 0.15) is 78.6 Å². The summed E-state index contributed by atoms with van der Waals surface area (Å²) in [5.74, 6) is 1.47. The van der Waals surface area contributed by atoms with Crippen LogP contribution >= 0.6 is 0 Å². The first-order valence-electron chi connectivity index (χ1n) is 15.4. The molecular formula is C30H50N6O4. The highest BCUT2D eigenvalue weighted by Crippen LogP contribution is 2.45. The number of carbonyl (C=O) groups excluding carboxylic acids is 2. The molecule has 10 heteroatoms. The largest absolute Gasteiger partial charge is 0.449 e. The Morgan fingerprint density at radius 2 is 1.70 bits per heavy atom. The lowest BCUT2D eigenvalue weighted by atomic mass is 9.65. The SMILES string of the molecule is CC(C)C1(C)CCC(C[C@H](N=C(NC(=O)OCC2CCN(C)CC2)N2CCOCC2)C(=O)NC2(C#N)CC2)CC1. The van der Waals surface area contributed by atoms with Gasteiger partial charge in [-0.25, -0.2) is 9.79 Å². The number of nitrogens with one attached hydrogen (secondary N) is 2. The second-order valence-electron chi connectivity index (χ2n) is 13.2. The third-order valence-electron chi connectivity index (χ3n) is 9.92. The molecule has 10 nitrogen and oxygen atoms in total. The van der Waals surface area contributed by atoms with Gasteiger partial charge in [0.05, 0.1) is 25.9 Å². The van der Waals surface area contributed by atoms with Gasteiger partial charge in [-0.15, -0.1) is 0 Å². The molecule has 0 aromatic heterocycles. The maximum absolute atomic E-state index is 13.6. The van der Waals surface area contributed by atoms with Gasteiger partial charge in [0, 0.05) is 13.1 Å². The van der Waals surface area contributed by atoms with Crippen LogP contribution in [0.5, 0.6) is 0 Å². The summed E-state index contributed by atoms with van der Waals surface area (Å²) in [7, 11) is 2.11. The normalized spacial score (nSPS) is 28.4. The first-order valence-corrected chi connectivity index (χ1v) is 15.4. The number of carbonyl (C=O) groups is 2. The summed E-state index contributed by atoms with van der Waals surface area (Å²) in [6.07, 6.45) is 7.78. The van der Waals surface area contributed by atoms with E-state index in [1.165, 1.54) is 0 Å². The number of alkyl carbamates (subject to hydrolysis) is 1. The Morgan fingerprint density at radius 3 is 2.27 bits per heavy atom. The maximum Gasteiger partial charge on any atom is 0.413 e. The van der Waals surface area contributed by atoms with Crippen molar-refractivity contribution < 1.29 is 19.1 Å². The number of hydrogen-bond acceptors (Lipinski definition) is 7. The van der Waals surface area contributed by atoms with Crippen LogP contribution in [0.15, 0.2) is 4.99 Å². The molecule has 2 aliphatic heterocycles. The molecule has 40 heavy (non-hydrogen) atoms. The van der Waals surface area contributed by atoms with Crippen molar-refractivity contribution in [1.29, 1.82) is 5.26 Å². The minimum Gasteiger partial charge on any atom is -0.449 e. The van der Waals surface area contributed by atoms with E-state index in [1.807, 2.05) is 4.90 Å². The van der Waals surface area contributed by atoms with Gasteiger partial charge < -0.3 is 24.6 Å². The second kappa shape index (κ2) is 13.5. The Labute approximate surface area is 240 Å². The average Bonchev–Trinajstić information content (AvgIpc) is 3.73. The summed E-state index contributed by atoms with van der Waals surface area (Å²) in [5, 5.41) is 15.5. The van der Waals surface area contributed by atoms with Crippen molar-refractivity contribution in [2.24, 2.45) is 28.2 Å². The molecule has 2 heterocycles. The van der Waals surface area contributed by atoms with E-state index >= 15 is 0 Å². The predicted molar refractivity (Wildman–Crippen MR) is 154 cm³/mol. The molecule has 224 valence electrons. The fourth-order valence-corrected chi connectivity index (χ4v) is 6.06. The highest BCUT2D eigenvalue weighted by atomic mass is 16.5. The molecule has 0 aromatic carbocycles. The number of likely N-dealkylation sites (tertiary alicyclic amines) is 1. The van der Waals surface area contributed by atoms with Gasteiger partial charge in [-0.05, 0) is 101 Å². The molecule has 2 aliphatic carbocycles. The maximum atomic E-state index is 13.6. The lowest BCUT2D eigenvalue weighted by Crippen LogP contribution is -2.51. The molecule has 2 amide bonds. The monoisotopic (exact) mass is 558 g/mol. The third-order valence-corrected chi connectivity index (χ3v) is 9.92. The molecule has 0 bridgehead atoms. The van der Waals surface area contributed by atoms with Crippen LogP contribution in [0.2, 0.25) is 0 Å². The van der Waals surface area contributed by atoms with Gasteiger partial charge in [-0.3, -0.25) is 10.1 Å². The first-order chi connectivity index (χ1) is 19.1. The van der Waals surface area contributed by atoms with Crippen molar-refractivity contribution >= 4 is 18.0 Å². The number of rotatable bonds is 8. The number of hydrogen-bond donors (Lipinski definition) is 2. The molecule has 0 unspecified atom stereocenters. The third kappa shape index (κ3) is 8.32. The van der Waals surface area contributed by atoms with Crippen LogP contribution in [-0.4, -0.2) is 92.4 Å². The minimum absolute atomic E-state index is 0.233. The van der Waals surface area contributed by atoms with Crippen LogP contribution in [0.25, 0.3) is 0 Å². The van der Waals surface area contributed by atoms with E-state index in [1.54, 1.807) is 0 Å². The van der Waals surface area contributed by atoms with E-state index in [2.05, 4.69) is 49.4 Å². The number of guanidine groups is 1. The predicted octanol–water partition coefficient (Wildman–Crippen LogP) is 3.53. The van der Waals surface area contributed by atoms with E-state index in [-0.39, 0.29) is 5.91 Å². The highest BCUT2D eigenvalue weighted by molar-refractivity contribution is 5.96. The van der Waals surface area contributed by atoms with Gasteiger partial charge in [-0.1, -0.05) is 20.8 Å². The lowest BCUT2D eigenvalue weighted by Gasteiger charge is -2.41. The summed E-state index contributed by atoms with van der Waals surface area (Å²) in [6.45, 7) is 11.5. The molecule has 4 rings (SSSR count). The van der Waals surface area contributed by atoms with Gasteiger partial charge in [0.15, 0.2) is 0 Å². The molecule has 4 aliphatic rings. The number of nitriles is 1. The van der Waals surface area contributed by atoms with Crippen LogP contribution in [-0.2, 0) is 14.3 Å². The Balaban J connectivity index is 1.47. The van der Waals surface area contributed by atoms with Gasteiger partial charge in [0.2, 0.25) is 11.9 Å². The van der Waals surface area contributed by atoms with Gasteiger partial charge in [0.25, 0.3) is 0 Å². The number of amides is 2. The van der Waals surface area contributed by atoms with Crippen LogP contribution < -0.4 is 10.6 Å². The van der Waals surface area contributed by atoms with Gasteiger partial charge in [-0.2, -0.15) is 5.26 Å². The van der Waals surface area contributed by atoms with Crippen molar-refractivity contribution in [1.82, 2.24) is 20.4 Å². The molecule has 0 aromatic rings. The quantitative estimate of drug-likeness (QED) is 0.346. The van der Waals surface area contributed by atoms with Gasteiger partial charge in [0.1, 0.15) is 11.6 Å². The van der Waals surface area contributed by atoms with Crippen molar-refractivity contribution in [3.8, 4) is 6.07 Å². The topological polar surface area (TPSA) is 119 Å². The molecule has 0 radical (unpaired) electrons. The summed E-state index contributed by atoms with van der Waals surface area (Å²) in [6, 6.07) is 1.58. The summed E-state index contributed by atoms with van der Waals surface area (Å²) >= 11 is 0. The van der Waals surface area contributed by atoms with Crippen LogP contribution in [0, 0.1) is 34.5 Å². The zero-order valence-electron chi connectivity index (χ0n) is 25.0. The number of ether oxygens (including phenoxy) is 2. The standard InChI is InChI=1S/C30H50N6O4/c1-22(2)29(3)9-5-23(6-10-29)19-25(26(37)34-30(21-31)11-12-30)32-27(36-15-17-39-18-16-36)33-28(38)40-20-24-7-13-35(4)14-8-24/h22-25H,5-20H2,1-4H3,(H,34,37)(H,32,33,38)/t23?,25-,29?/m0/s1. The molecule has 1 atom stereocenters. The Hall–Kier alpha value is -2.38. The molecule has 0 spiro atoms. The minimum atomic E-state index is -0.771. The van der Waals surface area contributed by atoms with Crippen LogP contribution in [0.3, 0.4) is 0 Å². The Bertz CT molecular complexity index is 936. The van der Waals surface area contributed by atoms with Crippen molar-refractivity contribution in [2.75, 3.05) is 53.0 Å². The number of piperidine rings is 1. The summed E-state index contributed by atoms with van der Waals surface area (Å²) in [4.78, 5) is 35.7. The first kappa shape index (κ1) is 30.6. The molecule has 2 saturated heterocycles. The molecule has 2 saturated carbocycles. The number of aliphatic imine (C=N–C) groups is 1. The fraction of sp³-hybridized carbons (Fsp3) is 0.867. The highest BCUT2D eigenvalue weighted by Gasteiger charge is 2.46. The van der Waals surface area contributed by atoms with Crippen molar-refractivity contribution in [2.45, 2.75) is 90.1 Å². The fourth-order valence-electron chi connectivity index (χ4n) is 6.06. The van der Waals surface area contributed by atoms with Crippen LogP contribution in [0.4, 0.5) is 4.79 Å². The van der Waals surface area contributed by atoms with E-state index in [0.29, 0.717) is 81.3 Å². The zero-order valence-corrected chi connectivity index (χ0v) is 25.0. The molecule has 4 fully saturated rings. The summed E-state index contributed by atoms with van der Waals surface area (Å²) < 4.78 is 11.2. The van der Waals surface area contributed by atoms with Crippen molar-refractivity contribution in [3.63, 3.8) is 0 Å². The summed E-state index contributed by atoms with van der Waals surface area (Å²) in [5.41, 5.74) is -0.443. The Morgan fingerprint density at radius 1 is 1.05 bits per heavy atom. The number of morpholine rings is 1. The second-order valence-corrected chi connectivity index (χ2v) is 13.2. The number of nitrogens with zero attached hydrogens (tertiary/aromatic N) is 4. The average molecular weight is 559 g/mol. The molecule has 2 N–H and O–H groups in total. The van der Waals surface area contributed by atoms with Crippen molar-refractivity contribution in [3.05, 3.63) is 0 Å².